The van der Waals surface area contributed by atoms with Gasteiger partial charge >= 0.3 is 0 Å². The summed E-state index contributed by atoms with van der Waals surface area (Å²) in [7, 11) is 0. The zero-order valence-corrected chi connectivity index (χ0v) is 56.2. The first-order chi connectivity index (χ1) is 42.2. The van der Waals surface area contributed by atoms with Gasteiger partial charge in [0.2, 0.25) is 23.6 Å². The molecule has 498 valence electrons. The van der Waals surface area contributed by atoms with Gasteiger partial charge in [0.1, 0.15) is 11.8 Å². The molecule has 0 bridgehead atoms. The maximum atomic E-state index is 13.5. The second kappa shape index (κ2) is 48.7. The molecule has 0 saturated carbocycles. The molecule has 88 heavy (non-hydrogen) atoms. The number of rotatable bonds is 50. The molecule has 2 rings (SSSR count). The molecule has 0 spiro atoms. The molecule has 0 aromatic heterocycles. The molecular weight excluding hydrogens is 1120 g/mol. The fourth-order valence-corrected chi connectivity index (χ4v) is 10.3. The van der Waals surface area contributed by atoms with Crippen LogP contribution in [-0.4, -0.2) is 161 Å². The van der Waals surface area contributed by atoms with Crippen molar-refractivity contribution in [2.45, 2.75) is 179 Å². The van der Waals surface area contributed by atoms with Crippen molar-refractivity contribution in [2.75, 3.05) is 125 Å². The summed E-state index contributed by atoms with van der Waals surface area (Å²) in [6, 6.07) is -0.762. The number of ether oxygens (including phenoxy) is 8. The monoisotopic (exact) mass is 1230 g/mol. The lowest BCUT2D eigenvalue weighted by molar-refractivity contribution is -0.127. The number of hydrogen-bond acceptors (Lipinski definition) is 13. The van der Waals surface area contributed by atoms with E-state index in [0.717, 1.165) is 36.0 Å². The number of hydrogen-bond donors (Lipinski definition) is 4. The maximum Gasteiger partial charge on any atom is 0.244 e. The third kappa shape index (κ3) is 40.5. The van der Waals surface area contributed by atoms with Crippen LogP contribution in [0.15, 0.2) is 105 Å². The van der Waals surface area contributed by atoms with E-state index in [1.807, 2.05) is 44.2 Å². The van der Waals surface area contributed by atoms with Gasteiger partial charge < -0.3 is 59.2 Å². The standard InChI is InChI=1S/C71H116N4O13/c1-56(27-29-63-60(5)24-16-33-70(63,8)9)20-14-22-58(3)54-67(78)73-35-13-12-26-65(75-68(79)55-59(4)23-15-21-57(2)28-30-64-61(6)25-17-34-71(64,10)11)69(80)74-37-19-39-82-43-47-85-46-42-81-38-18-36-72-66(77)32-41-84-45-49-87-51-53-88-52-50-86-48-44-83-40-31-62(7)76/h14-15,20-23,28,30,54-55,65H,12-13,16-19,24-27,29,31-53H2,1-11H3,(H,72,77)(H,73,78)(H,74,80)(H,75,79)/b22-14+,23-15+,30-28+,56-20+,57-21+,58-54+,59-55+/t65-/m0/s1. The first-order valence-corrected chi connectivity index (χ1v) is 32.6. The van der Waals surface area contributed by atoms with Gasteiger partial charge in [0.25, 0.3) is 0 Å². The summed E-state index contributed by atoms with van der Waals surface area (Å²) in [4.78, 5) is 62.6. The molecule has 0 saturated heterocycles. The number of unbranched alkanes of at least 4 members (excludes halogenated alkanes) is 1. The molecule has 4 amide bonds. The minimum Gasteiger partial charge on any atom is -0.379 e. The molecule has 1 atom stereocenters. The molecule has 0 aromatic carbocycles. The fraction of sp³-hybridized carbons (Fsp3) is 0.676. The summed E-state index contributed by atoms with van der Waals surface area (Å²) in [5, 5.41) is 11.7. The quantitative estimate of drug-likeness (QED) is 0.0194. The zero-order valence-electron chi connectivity index (χ0n) is 56.2. The van der Waals surface area contributed by atoms with E-state index < -0.39 is 6.04 Å². The van der Waals surface area contributed by atoms with Crippen molar-refractivity contribution in [3.05, 3.63) is 105 Å². The average molecular weight is 1230 g/mol. The van der Waals surface area contributed by atoms with E-state index in [9.17, 15) is 24.0 Å². The third-order valence-corrected chi connectivity index (χ3v) is 15.4. The van der Waals surface area contributed by atoms with Gasteiger partial charge in [-0.25, -0.2) is 0 Å². The summed E-state index contributed by atoms with van der Waals surface area (Å²) in [6.07, 6.45) is 32.5. The van der Waals surface area contributed by atoms with Gasteiger partial charge in [-0.15, -0.1) is 0 Å². The summed E-state index contributed by atoms with van der Waals surface area (Å²) >= 11 is 0. The SMILES string of the molecule is CC(=O)CCOCCOCCOCCOCCOCCC(=O)NCCCOCCOCCOCCCNC(=O)[C@H](CCCCNC(=O)/C=C(C)/C=C/C=C(\C)CCC1=C(C)CCCC1(C)C)NC(=O)/C=C(C)/C=C/C=C(C)/C=C/C1=C(C)CCCC1(C)C. The van der Waals surface area contributed by atoms with Crippen LogP contribution < -0.4 is 21.3 Å². The molecular formula is C71H116N4O13. The van der Waals surface area contributed by atoms with Crippen LogP contribution in [0.5, 0.6) is 0 Å². The molecule has 0 unspecified atom stereocenters. The van der Waals surface area contributed by atoms with Gasteiger partial charge in [0.15, 0.2) is 0 Å². The third-order valence-electron chi connectivity index (χ3n) is 15.4. The zero-order chi connectivity index (χ0) is 64.7. The van der Waals surface area contributed by atoms with Crippen LogP contribution in [-0.2, 0) is 61.9 Å². The normalized spacial score (nSPS) is 16.3. The van der Waals surface area contributed by atoms with E-state index in [1.54, 1.807) is 17.2 Å². The Hall–Kier alpha value is -5.11. The van der Waals surface area contributed by atoms with Crippen molar-refractivity contribution in [3.8, 4) is 0 Å². The second-order valence-electron chi connectivity index (χ2n) is 24.5. The number of Topliss-reactive ketones (excluding diaryl/α,β-unsaturated/α-hetero) is 1. The van der Waals surface area contributed by atoms with Gasteiger partial charge in [0.05, 0.1) is 92.5 Å². The van der Waals surface area contributed by atoms with Crippen molar-refractivity contribution < 1.29 is 61.9 Å². The van der Waals surface area contributed by atoms with E-state index in [2.05, 4.69) is 94.9 Å². The minimum absolute atomic E-state index is 0.0837. The van der Waals surface area contributed by atoms with Gasteiger partial charge in [-0.1, -0.05) is 104 Å². The Morgan fingerprint density at radius 3 is 1.51 bits per heavy atom. The first-order valence-electron chi connectivity index (χ1n) is 32.6. The Labute approximate surface area is 530 Å². The molecule has 2 aliphatic carbocycles. The molecule has 0 fully saturated rings. The highest BCUT2D eigenvalue weighted by molar-refractivity contribution is 5.93. The molecule has 0 radical (unpaired) electrons. The highest BCUT2D eigenvalue weighted by atomic mass is 16.6. The molecule has 0 heterocycles. The smallest absolute Gasteiger partial charge is 0.244 e. The molecule has 17 heteroatoms. The lowest BCUT2D eigenvalue weighted by Crippen LogP contribution is -2.46. The molecule has 4 N–H and O–H groups in total. The van der Waals surface area contributed by atoms with Crippen molar-refractivity contribution in [1.29, 1.82) is 0 Å². The Morgan fingerprint density at radius 2 is 0.966 bits per heavy atom. The summed E-state index contributed by atoms with van der Waals surface area (Å²) in [5.74, 6) is -0.771. The van der Waals surface area contributed by atoms with E-state index in [-0.39, 0.29) is 46.7 Å². The number of carbonyl (C=O) groups is 5. The van der Waals surface area contributed by atoms with Crippen LogP contribution in [0.25, 0.3) is 0 Å². The van der Waals surface area contributed by atoms with Crippen LogP contribution in [0, 0.1) is 10.8 Å². The second-order valence-corrected chi connectivity index (χ2v) is 24.5. The molecule has 17 nitrogen and oxygen atoms in total. The molecule has 2 aliphatic rings. The van der Waals surface area contributed by atoms with Crippen LogP contribution in [0.2, 0.25) is 0 Å². The predicted molar refractivity (Wildman–Crippen MR) is 353 cm³/mol. The van der Waals surface area contributed by atoms with Crippen LogP contribution in [0.4, 0.5) is 0 Å². The van der Waals surface area contributed by atoms with E-state index in [1.165, 1.54) is 61.8 Å². The predicted octanol–water partition coefficient (Wildman–Crippen LogP) is 11.6. The largest absolute Gasteiger partial charge is 0.379 e. The average Bonchev–Trinajstić information content (AvgIpc) is 2.64. The summed E-state index contributed by atoms with van der Waals surface area (Å²) < 4.78 is 44.1. The van der Waals surface area contributed by atoms with Crippen LogP contribution in [0.1, 0.15) is 172 Å². The van der Waals surface area contributed by atoms with E-state index in [0.29, 0.717) is 164 Å². The maximum absolute atomic E-state index is 13.5. The lowest BCUT2D eigenvalue weighted by Gasteiger charge is -2.34. The van der Waals surface area contributed by atoms with Gasteiger partial charge in [-0.2, -0.15) is 0 Å². The van der Waals surface area contributed by atoms with Crippen molar-refractivity contribution in [2.24, 2.45) is 10.8 Å². The summed E-state index contributed by atoms with van der Waals surface area (Å²) in [6.45, 7) is 31.5. The number of allylic oxidation sites excluding steroid dienone is 16. The molecule has 0 aromatic rings. The Balaban J connectivity index is 1.67. The van der Waals surface area contributed by atoms with Crippen molar-refractivity contribution in [3.63, 3.8) is 0 Å². The number of carbonyl (C=O) groups excluding carboxylic acids is 5. The topological polar surface area (TPSA) is 207 Å². The Morgan fingerprint density at radius 1 is 0.489 bits per heavy atom. The van der Waals surface area contributed by atoms with E-state index >= 15 is 0 Å². The molecule has 0 aliphatic heterocycles. The van der Waals surface area contributed by atoms with Crippen LogP contribution in [0.3, 0.4) is 0 Å². The first kappa shape index (κ1) is 79.0. The van der Waals surface area contributed by atoms with Gasteiger partial charge in [-0.05, 0) is 159 Å². The Bertz CT molecular complexity index is 2340. The van der Waals surface area contributed by atoms with Gasteiger partial charge in [-0.3, -0.25) is 24.0 Å². The summed E-state index contributed by atoms with van der Waals surface area (Å²) in [5.41, 5.74) is 10.5. The highest BCUT2D eigenvalue weighted by Gasteiger charge is 2.28. The van der Waals surface area contributed by atoms with Gasteiger partial charge in [0, 0.05) is 57.8 Å². The minimum atomic E-state index is -0.762. The fourth-order valence-electron chi connectivity index (χ4n) is 10.3. The number of amides is 4. The Kier molecular flexibility index (Phi) is 43.7. The van der Waals surface area contributed by atoms with Crippen molar-refractivity contribution in [1.82, 2.24) is 21.3 Å². The highest BCUT2D eigenvalue weighted by Crippen LogP contribution is 2.43. The number of ketones is 1. The lowest BCUT2D eigenvalue weighted by atomic mass is 9.71. The van der Waals surface area contributed by atoms with Crippen LogP contribution >= 0.6 is 0 Å². The van der Waals surface area contributed by atoms with Crippen molar-refractivity contribution >= 4 is 29.4 Å². The number of nitrogens with one attached hydrogen (secondary N) is 4. The van der Waals surface area contributed by atoms with E-state index in [4.69, 9.17) is 37.9 Å².